The summed E-state index contributed by atoms with van der Waals surface area (Å²) in [6, 6.07) is 0.0782. The molecule has 0 unspecified atom stereocenters. The van der Waals surface area contributed by atoms with Crippen molar-refractivity contribution in [3.8, 4) is 0 Å². The third-order valence-corrected chi connectivity index (χ3v) is 3.18. The summed E-state index contributed by atoms with van der Waals surface area (Å²) in [5, 5.41) is 9.14. The average Bonchev–Trinajstić information content (AvgIpc) is 2.20. The lowest BCUT2D eigenvalue weighted by atomic mass is 9.90. The summed E-state index contributed by atoms with van der Waals surface area (Å²) in [6.07, 6.45) is 5.26. The molecule has 1 rings (SSSR count). The van der Waals surface area contributed by atoms with Crippen molar-refractivity contribution in [2.45, 2.75) is 57.5 Å². The minimum atomic E-state index is -0.814. The summed E-state index contributed by atoms with van der Waals surface area (Å²) in [5.74, 6) is 0. The minimum absolute atomic E-state index is 0.0340. The minimum Gasteiger partial charge on any atom is -0.465 e. The van der Waals surface area contributed by atoms with E-state index in [2.05, 4.69) is 6.92 Å². The van der Waals surface area contributed by atoms with Crippen LogP contribution >= 0.6 is 0 Å². The maximum atomic E-state index is 11.1. The highest BCUT2D eigenvalue weighted by Gasteiger charge is 2.30. The van der Waals surface area contributed by atoms with E-state index < -0.39 is 6.09 Å². The number of unbranched alkanes of at least 4 members (excludes halogenated alkanes) is 1. The molecule has 0 radical (unpaired) electrons. The van der Waals surface area contributed by atoms with Crippen LogP contribution in [-0.2, 0) is 0 Å². The molecule has 0 saturated heterocycles. The van der Waals surface area contributed by atoms with Crippen molar-refractivity contribution in [2.75, 3.05) is 6.54 Å². The fourth-order valence-electron chi connectivity index (χ4n) is 2.26. The number of amides is 1. The summed E-state index contributed by atoms with van der Waals surface area (Å²) in [4.78, 5) is 12.7. The summed E-state index contributed by atoms with van der Waals surface area (Å²) in [7, 11) is 0. The molecule has 88 valence electrons. The van der Waals surface area contributed by atoms with Gasteiger partial charge in [-0.25, -0.2) is 4.79 Å². The van der Waals surface area contributed by atoms with Gasteiger partial charge >= 0.3 is 6.09 Å². The van der Waals surface area contributed by atoms with Crippen LogP contribution in [0.1, 0.15) is 45.4 Å². The van der Waals surface area contributed by atoms with Gasteiger partial charge in [0.05, 0.1) is 6.04 Å². The van der Waals surface area contributed by atoms with E-state index in [1.807, 2.05) is 0 Å². The normalized spacial score (nSPS) is 26.3. The molecule has 0 aromatic heterocycles. The first-order valence-electron chi connectivity index (χ1n) is 5.92. The van der Waals surface area contributed by atoms with Gasteiger partial charge in [0.1, 0.15) is 0 Å². The third kappa shape index (κ3) is 3.38. The van der Waals surface area contributed by atoms with Crippen LogP contribution in [0, 0.1) is 0 Å². The van der Waals surface area contributed by atoms with Gasteiger partial charge in [0.25, 0.3) is 0 Å². The van der Waals surface area contributed by atoms with Crippen molar-refractivity contribution < 1.29 is 9.90 Å². The molecule has 2 atom stereocenters. The molecule has 0 aromatic carbocycles. The number of nitrogens with two attached hydrogens (primary N) is 1. The second-order valence-electron chi connectivity index (χ2n) is 4.35. The van der Waals surface area contributed by atoms with Crippen LogP contribution in [0.2, 0.25) is 0 Å². The van der Waals surface area contributed by atoms with Gasteiger partial charge in [-0.1, -0.05) is 26.2 Å². The molecule has 1 fully saturated rings. The Hall–Kier alpha value is -0.770. The van der Waals surface area contributed by atoms with E-state index in [4.69, 9.17) is 10.8 Å². The molecular weight excluding hydrogens is 192 g/mol. The number of hydrogen-bond donors (Lipinski definition) is 2. The second-order valence-corrected chi connectivity index (χ2v) is 4.35. The topological polar surface area (TPSA) is 66.6 Å². The van der Waals surface area contributed by atoms with Crippen LogP contribution in [0.3, 0.4) is 0 Å². The largest absolute Gasteiger partial charge is 0.465 e. The highest BCUT2D eigenvalue weighted by atomic mass is 16.4. The molecule has 1 aliphatic rings. The smallest absolute Gasteiger partial charge is 0.407 e. The molecule has 0 bridgehead atoms. The third-order valence-electron chi connectivity index (χ3n) is 3.18. The van der Waals surface area contributed by atoms with Crippen molar-refractivity contribution in [1.29, 1.82) is 0 Å². The average molecular weight is 214 g/mol. The molecule has 0 aliphatic heterocycles. The molecule has 1 saturated carbocycles. The van der Waals surface area contributed by atoms with Crippen LogP contribution in [0.5, 0.6) is 0 Å². The first-order valence-corrected chi connectivity index (χ1v) is 5.92. The molecule has 4 nitrogen and oxygen atoms in total. The van der Waals surface area contributed by atoms with Crippen molar-refractivity contribution in [3.63, 3.8) is 0 Å². The first-order chi connectivity index (χ1) is 7.16. The van der Waals surface area contributed by atoms with Gasteiger partial charge in [0.15, 0.2) is 0 Å². The maximum Gasteiger partial charge on any atom is 0.407 e. The second kappa shape index (κ2) is 5.95. The van der Waals surface area contributed by atoms with Gasteiger partial charge in [-0.05, 0) is 19.3 Å². The number of carboxylic acid groups (broad SMARTS) is 1. The maximum absolute atomic E-state index is 11.1. The molecule has 4 heteroatoms. The Bertz CT molecular complexity index is 209. The predicted molar refractivity (Wildman–Crippen MR) is 59.9 cm³/mol. The molecule has 0 spiro atoms. The van der Waals surface area contributed by atoms with Gasteiger partial charge in [0, 0.05) is 12.6 Å². The SMILES string of the molecule is CCCCN(C(=O)O)[C@H]1CCCC[C@H]1N. The fraction of sp³-hybridized carbons (Fsp3) is 0.909. The van der Waals surface area contributed by atoms with Gasteiger partial charge in [0.2, 0.25) is 0 Å². The zero-order valence-corrected chi connectivity index (χ0v) is 9.48. The van der Waals surface area contributed by atoms with Crippen LogP contribution in [0.25, 0.3) is 0 Å². The Kier molecular flexibility index (Phi) is 4.88. The Labute approximate surface area is 91.4 Å². The monoisotopic (exact) mass is 214 g/mol. The zero-order valence-electron chi connectivity index (χ0n) is 9.48. The summed E-state index contributed by atoms with van der Waals surface area (Å²) >= 11 is 0. The number of nitrogens with zero attached hydrogens (tertiary/aromatic N) is 1. The molecule has 0 aromatic rings. The Morgan fingerprint density at radius 3 is 2.67 bits per heavy atom. The molecule has 1 amide bonds. The Morgan fingerprint density at radius 2 is 2.13 bits per heavy atom. The quantitative estimate of drug-likeness (QED) is 0.752. The van der Waals surface area contributed by atoms with E-state index in [1.54, 1.807) is 4.90 Å². The lowest BCUT2D eigenvalue weighted by molar-refractivity contribution is 0.102. The van der Waals surface area contributed by atoms with E-state index in [1.165, 1.54) is 0 Å². The fourth-order valence-corrected chi connectivity index (χ4v) is 2.26. The van der Waals surface area contributed by atoms with Crippen molar-refractivity contribution in [1.82, 2.24) is 4.90 Å². The van der Waals surface area contributed by atoms with Crippen LogP contribution in [-0.4, -0.2) is 34.7 Å². The van der Waals surface area contributed by atoms with E-state index in [-0.39, 0.29) is 12.1 Å². The van der Waals surface area contributed by atoms with Crippen LogP contribution in [0.4, 0.5) is 4.79 Å². The standard InChI is InChI=1S/C11H22N2O2/c1-2-3-8-13(11(14)15)10-7-5-4-6-9(10)12/h9-10H,2-8,12H2,1H3,(H,14,15)/t9-,10+/m1/s1. The van der Waals surface area contributed by atoms with Crippen molar-refractivity contribution in [2.24, 2.45) is 5.73 Å². The van der Waals surface area contributed by atoms with Crippen LogP contribution in [0.15, 0.2) is 0 Å². The van der Waals surface area contributed by atoms with Crippen molar-refractivity contribution >= 4 is 6.09 Å². The van der Waals surface area contributed by atoms with E-state index >= 15 is 0 Å². The number of hydrogen-bond acceptors (Lipinski definition) is 2. The van der Waals surface area contributed by atoms with Crippen LogP contribution < -0.4 is 5.73 Å². The van der Waals surface area contributed by atoms with Gasteiger partial charge in [-0.2, -0.15) is 0 Å². The lowest BCUT2D eigenvalue weighted by Crippen LogP contribution is -2.51. The van der Waals surface area contributed by atoms with E-state index in [9.17, 15) is 4.79 Å². The van der Waals surface area contributed by atoms with E-state index in [0.29, 0.717) is 6.54 Å². The summed E-state index contributed by atoms with van der Waals surface area (Å²) in [6.45, 7) is 2.70. The molecular formula is C11H22N2O2. The molecule has 3 N–H and O–H groups in total. The van der Waals surface area contributed by atoms with Gasteiger partial charge < -0.3 is 15.7 Å². The Morgan fingerprint density at radius 1 is 1.47 bits per heavy atom. The predicted octanol–water partition coefficient (Wildman–Crippen LogP) is 2.04. The Balaban J connectivity index is 2.56. The number of rotatable bonds is 4. The summed E-state index contributed by atoms with van der Waals surface area (Å²) in [5.41, 5.74) is 5.98. The van der Waals surface area contributed by atoms with E-state index in [0.717, 1.165) is 38.5 Å². The zero-order chi connectivity index (χ0) is 11.3. The van der Waals surface area contributed by atoms with Gasteiger partial charge in [-0.15, -0.1) is 0 Å². The molecule has 15 heavy (non-hydrogen) atoms. The first kappa shape index (κ1) is 12.3. The number of carbonyl (C=O) groups is 1. The lowest BCUT2D eigenvalue weighted by Gasteiger charge is -2.36. The molecule has 0 heterocycles. The molecule has 1 aliphatic carbocycles. The highest BCUT2D eigenvalue weighted by molar-refractivity contribution is 5.65. The highest BCUT2D eigenvalue weighted by Crippen LogP contribution is 2.22. The van der Waals surface area contributed by atoms with Crippen molar-refractivity contribution in [3.05, 3.63) is 0 Å². The summed E-state index contributed by atoms with van der Waals surface area (Å²) < 4.78 is 0. The van der Waals surface area contributed by atoms with Gasteiger partial charge in [-0.3, -0.25) is 0 Å².